The van der Waals surface area contributed by atoms with E-state index in [1.165, 1.54) is 0 Å². The molecule has 1 N–H and O–H groups in total. The van der Waals surface area contributed by atoms with Crippen LogP contribution < -0.4 is 10.1 Å². The van der Waals surface area contributed by atoms with E-state index in [1.54, 1.807) is 37.3 Å². The van der Waals surface area contributed by atoms with Crippen molar-refractivity contribution in [3.05, 3.63) is 64.0 Å². The predicted octanol–water partition coefficient (Wildman–Crippen LogP) is 4.44. The Morgan fingerprint density at radius 1 is 1.22 bits per heavy atom. The fraction of sp³-hybridized carbons (Fsp3) is 0.211. The molecule has 6 nitrogen and oxygen atoms in total. The number of hydrogen-bond acceptors (Lipinski definition) is 5. The van der Waals surface area contributed by atoms with E-state index < -0.39 is 6.10 Å². The summed E-state index contributed by atoms with van der Waals surface area (Å²) in [5, 5.41) is 7.76. The molecule has 3 rings (SSSR count). The van der Waals surface area contributed by atoms with Crippen LogP contribution in [0.1, 0.15) is 18.4 Å². The molecule has 1 heterocycles. The first-order chi connectivity index (χ1) is 12.9. The number of ether oxygens (including phenoxy) is 1. The average molecular weight is 406 g/mol. The SMILES string of the molecule is Cc1cc(OC(C)C(=O)NCc2nc(-c3ccccc3Cl)no2)ccc1Cl. The highest BCUT2D eigenvalue weighted by atomic mass is 35.5. The van der Waals surface area contributed by atoms with Gasteiger partial charge in [0.1, 0.15) is 5.75 Å². The zero-order valence-electron chi connectivity index (χ0n) is 14.7. The fourth-order valence-corrected chi connectivity index (χ4v) is 2.67. The van der Waals surface area contributed by atoms with E-state index in [1.807, 2.05) is 19.1 Å². The van der Waals surface area contributed by atoms with Gasteiger partial charge >= 0.3 is 0 Å². The van der Waals surface area contributed by atoms with Crippen molar-refractivity contribution in [3.63, 3.8) is 0 Å². The minimum atomic E-state index is -0.698. The molecule has 1 unspecified atom stereocenters. The summed E-state index contributed by atoms with van der Waals surface area (Å²) < 4.78 is 10.8. The standard InChI is InChI=1S/C19H17Cl2N3O3/c1-11-9-13(7-8-15(11)20)26-12(2)19(25)22-10-17-23-18(24-27-17)14-5-3-4-6-16(14)21/h3-9,12H,10H2,1-2H3,(H,22,25). The largest absolute Gasteiger partial charge is 0.481 e. The smallest absolute Gasteiger partial charge is 0.261 e. The number of aryl methyl sites for hydroxylation is 1. The quantitative estimate of drug-likeness (QED) is 0.655. The van der Waals surface area contributed by atoms with Crippen LogP contribution in [0.2, 0.25) is 10.0 Å². The molecule has 0 saturated heterocycles. The normalized spacial score (nSPS) is 11.9. The molecule has 27 heavy (non-hydrogen) atoms. The van der Waals surface area contributed by atoms with Gasteiger partial charge in [-0.2, -0.15) is 4.98 Å². The molecule has 1 aromatic heterocycles. The third-order valence-electron chi connectivity index (χ3n) is 3.81. The zero-order chi connectivity index (χ0) is 19.4. The molecule has 0 radical (unpaired) electrons. The molecule has 8 heteroatoms. The van der Waals surface area contributed by atoms with Crippen LogP contribution in [0.3, 0.4) is 0 Å². The van der Waals surface area contributed by atoms with E-state index in [-0.39, 0.29) is 18.3 Å². The molecule has 1 amide bonds. The molecule has 3 aromatic rings. The lowest BCUT2D eigenvalue weighted by molar-refractivity contribution is -0.127. The Balaban J connectivity index is 1.57. The number of aromatic nitrogens is 2. The summed E-state index contributed by atoms with van der Waals surface area (Å²) in [5.41, 5.74) is 1.54. The van der Waals surface area contributed by atoms with E-state index in [9.17, 15) is 4.79 Å². The van der Waals surface area contributed by atoms with Crippen LogP contribution in [-0.2, 0) is 11.3 Å². The van der Waals surface area contributed by atoms with Gasteiger partial charge in [0.15, 0.2) is 6.10 Å². The summed E-state index contributed by atoms with van der Waals surface area (Å²) in [6.45, 7) is 3.61. The van der Waals surface area contributed by atoms with E-state index in [4.69, 9.17) is 32.5 Å². The third kappa shape index (κ3) is 4.78. The van der Waals surface area contributed by atoms with Crippen molar-refractivity contribution in [2.24, 2.45) is 0 Å². The van der Waals surface area contributed by atoms with Crippen molar-refractivity contribution < 1.29 is 14.1 Å². The first kappa shape index (κ1) is 19.2. The summed E-state index contributed by atoms with van der Waals surface area (Å²) in [5.74, 6) is 0.900. The molecule has 0 aliphatic rings. The van der Waals surface area contributed by atoms with Crippen molar-refractivity contribution >= 4 is 29.1 Å². The van der Waals surface area contributed by atoms with Gasteiger partial charge in [0, 0.05) is 10.6 Å². The number of carbonyl (C=O) groups is 1. The minimum Gasteiger partial charge on any atom is -0.481 e. The lowest BCUT2D eigenvalue weighted by Gasteiger charge is -2.14. The van der Waals surface area contributed by atoms with Gasteiger partial charge in [-0.05, 0) is 49.7 Å². The number of hydrogen-bond donors (Lipinski definition) is 1. The van der Waals surface area contributed by atoms with E-state index in [2.05, 4.69) is 15.5 Å². The molecule has 2 aromatic carbocycles. The number of nitrogens with zero attached hydrogens (tertiary/aromatic N) is 2. The van der Waals surface area contributed by atoms with Gasteiger partial charge in [-0.25, -0.2) is 0 Å². The highest BCUT2D eigenvalue weighted by Crippen LogP contribution is 2.25. The number of rotatable bonds is 6. The Hall–Kier alpha value is -2.57. The maximum absolute atomic E-state index is 12.2. The second-order valence-corrected chi connectivity index (χ2v) is 6.69. The highest BCUT2D eigenvalue weighted by Gasteiger charge is 2.17. The summed E-state index contributed by atoms with van der Waals surface area (Å²) in [6.07, 6.45) is -0.698. The Bertz CT molecular complexity index is 959. The molecule has 1 atom stereocenters. The van der Waals surface area contributed by atoms with Crippen molar-refractivity contribution in [1.29, 1.82) is 0 Å². The lowest BCUT2D eigenvalue weighted by atomic mass is 10.2. The number of nitrogens with one attached hydrogen (secondary N) is 1. The van der Waals surface area contributed by atoms with Gasteiger partial charge in [-0.3, -0.25) is 4.79 Å². The van der Waals surface area contributed by atoms with Crippen LogP contribution >= 0.6 is 23.2 Å². The molecule has 140 valence electrons. The molecule has 0 saturated carbocycles. The molecule has 0 bridgehead atoms. The molecule has 0 aliphatic carbocycles. The van der Waals surface area contributed by atoms with Crippen LogP contribution in [0.5, 0.6) is 5.75 Å². The molecular weight excluding hydrogens is 389 g/mol. The van der Waals surface area contributed by atoms with Gasteiger partial charge in [-0.15, -0.1) is 0 Å². The fourth-order valence-electron chi connectivity index (χ4n) is 2.33. The number of amides is 1. The molecular formula is C19H17Cl2N3O3. The second kappa shape index (κ2) is 8.41. The summed E-state index contributed by atoms with van der Waals surface area (Å²) in [6, 6.07) is 12.4. The van der Waals surface area contributed by atoms with Crippen molar-refractivity contribution in [2.45, 2.75) is 26.5 Å². The lowest BCUT2D eigenvalue weighted by Crippen LogP contribution is -2.36. The average Bonchev–Trinajstić information content (AvgIpc) is 3.12. The van der Waals surface area contributed by atoms with E-state index in [0.29, 0.717) is 27.2 Å². The van der Waals surface area contributed by atoms with Gasteiger partial charge in [0.25, 0.3) is 5.91 Å². The van der Waals surface area contributed by atoms with Crippen molar-refractivity contribution in [1.82, 2.24) is 15.5 Å². The molecule has 0 fully saturated rings. The second-order valence-electron chi connectivity index (χ2n) is 5.88. The third-order valence-corrected chi connectivity index (χ3v) is 4.56. The molecule has 0 aliphatic heterocycles. The maximum Gasteiger partial charge on any atom is 0.261 e. The summed E-state index contributed by atoms with van der Waals surface area (Å²) >= 11 is 12.1. The zero-order valence-corrected chi connectivity index (χ0v) is 16.2. The van der Waals surface area contributed by atoms with Gasteiger partial charge in [-0.1, -0.05) is 40.5 Å². The first-order valence-corrected chi connectivity index (χ1v) is 8.97. The van der Waals surface area contributed by atoms with Crippen LogP contribution in [0, 0.1) is 6.92 Å². The first-order valence-electron chi connectivity index (χ1n) is 8.22. The van der Waals surface area contributed by atoms with Gasteiger partial charge in [0.05, 0.1) is 11.6 Å². The van der Waals surface area contributed by atoms with Crippen LogP contribution in [0.4, 0.5) is 0 Å². The Kier molecular flexibility index (Phi) is 5.98. The summed E-state index contributed by atoms with van der Waals surface area (Å²) in [7, 11) is 0. The van der Waals surface area contributed by atoms with Gasteiger partial charge < -0.3 is 14.6 Å². The topological polar surface area (TPSA) is 77.2 Å². The maximum atomic E-state index is 12.2. The number of benzene rings is 2. The predicted molar refractivity (Wildman–Crippen MR) is 103 cm³/mol. The number of halogens is 2. The Labute approximate surface area is 166 Å². The van der Waals surface area contributed by atoms with Crippen molar-refractivity contribution in [3.8, 4) is 17.1 Å². The van der Waals surface area contributed by atoms with Crippen LogP contribution in [0.15, 0.2) is 47.0 Å². The number of carbonyl (C=O) groups excluding carboxylic acids is 1. The summed E-state index contributed by atoms with van der Waals surface area (Å²) in [4.78, 5) is 16.5. The van der Waals surface area contributed by atoms with E-state index >= 15 is 0 Å². The monoisotopic (exact) mass is 405 g/mol. The Morgan fingerprint density at radius 2 is 2.00 bits per heavy atom. The highest BCUT2D eigenvalue weighted by molar-refractivity contribution is 6.33. The van der Waals surface area contributed by atoms with Crippen LogP contribution in [-0.4, -0.2) is 22.2 Å². The van der Waals surface area contributed by atoms with Crippen LogP contribution in [0.25, 0.3) is 11.4 Å². The molecule has 0 spiro atoms. The van der Waals surface area contributed by atoms with E-state index in [0.717, 1.165) is 5.56 Å². The van der Waals surface area contributed by atoms with Crippen molar-refractivity contribution in [2.75, 3.05) is 0 Å². The minimum absolute atomic E-state index is 0.0869. The Morgan fingerprint density at radius 3 is 2.74 bits per heavy atom. The van der Waals surface area contributed by atoms with Gasteiger partial charge in [0.2, 0.25) is 11.7 Å².